The van der Waals surface area contributed by atoms with Gasteiger partial charge in [0.25, 0.3) is 5.91 Å². The molecule has 0 aliphatic heterocycles. The van der Waals surface area contributed by atoms with E-state index in [2.05, 4.69) is 81.8 Å². The quantitative estimate of drug-likeness (QED) is 0.263. The molecule has 0 bridgehead atoms. The normalized spacial score (nSPS) is 11.9. The molecule has 2 N–H and O–H groups in total. The minimum atomic E-state index is -0.0825. The predicted octanol–water partition coefficient (Wildman–Crippen LogP) is 7.78. The summed E-state index contributed by atoms with van der Waals surface area (Å²) in [6, 6.07) is 19.8. The average molecular weight is 517 g/mol. The molecule has 0 spiro atoms. The monoisotopic (exact) mass is 516 g/mol. The molecule has 0 atom stereocenters. The van der Waals surface area contributed by atoms with Crippen molar-refractivity contribution in [2.45, 2.75) is 66.5 Å². The molecule has 37 heavy (non-hydrogen) atoms. The van der Waals surface area contributed by atoms with Crippen molar-refractivity contribution < 1.29 is 9.90 Å². The molecule has 0 aliphatic rings. The van der Waals surface area contributed by atoms with Gasteiger partial charge in [0, 0.05) is 35.2 Å². The van der Waals surface area contributed by atoms with E-state index in [9.17, 15) is 9.90 Å². The number of carbonyl (C=O) groups excluding carboxylic acids is 1. The Kier molecular flexibility index (Phi) is 7.70. The summed E-state index contributed by atoms with van der Waals surface area (Å²) in [4.78, 5) is 13.1. The molecule has 194 valence electrons. The Labute approximate surface area is 225 Å². The molecule has 0 saturated carbocycles. The van der Waals surface area contributed by atoms with Crippen LogP contribution in [0.1, 0.15) is 72.9 Å². The standard InChI is InChI=1S/C32H37ClN2O2/c1-20(2)19-35-21(3)27(15-23-9-14-28(33)30(36)16-23)26-13-10-24(17-29(26)35)31(37)34-18-22-7-11-25(12-8-22)32(4,5)6/h7-14,16-17,20,36H,15,18-19H2,1-6H3,(H,34,37). The lowest BCUT2D eigenvalue weighted by atomic mass is 9.87. The van der Waals surface area contributed by atoms with Gasteiger partial charge in [-0.05, 0) is 71.2 Å². The molecular formula is C32H37ClN2O2. The third kappa shape index (κ3) is 6.02. The first-order chi connectivity index (χ1) is 17.4. The van der Waals surface area contributed by atoms with Crippen molar-refractivity contribution in [2.75, 3.05) is 0 Å². The van der Waals surface area contributed by atoms with E-state index in [0.29, 0.717) is 29.5 Å². The van der Waals surface area contributed by atoms with Crippen LogP contribution in [0.3, 0.4) is 0 Å². The Morgan fingerprint density at radius 1 is 1.00 bits per heavy atom. The number of hydrogen-bond acceptors (Lipinski definition) is 2. The maximum Gasteiger partial charge on any atom is 0.251 e. The molecule has 0 radical (unpaired) electrons. The minimum absolute atomic E-state index is 0.0825. The lowest BCUT2D eigenvalue weighted by Gasteiger charge is -2.19. The van der Waals surface area contributed by atoms with Crippen LogP contribution in [-0.4, -0.2) is 15.6 Å². The van der Waals surface area contributed by atoms with Crippen LogP contribution in [0.2, 0.25) is 5.02 Å². The van der Waals surface area contributed by atoms with E-state index >= 15 is 0 Å². The average Bonchev–Trinajstić information content (AvgIpc) is 3.09. The molecule has 1 heterocycles. The van der Waals surface area contributed by atoms with Crippen LogP contribution in [0.4, 0.5) is 0 Å². The first kappa shape index (κ1) is 26.8. The highest BCUT2D eigenvalue weighted by Gasteiger charge is 2.18. The van der Waals surface area contributed by atoms with Crippen molar-refractivity contribution in [3.63, 3.8) is 0 Å². The van der Waals surface area contributed by atoms with Gasteiger partial charge in [-0.25, -0.2) is 0 Å². The zero-order valence-electron chi connectivity index (χ0n) is 22.7. The Balaban J connectivity index is 1.61. The topological polar surface area (TPSA) is 54.3 Å². The van der Waals surface area contributed by atoms with E-state index < -0.39 is 0 Å². The Bertz CT molecular complexity index is 1430. The number of fused-ring (bicyclic) bond motifs is 1. The summed E-state index contributed by atoms with van der Waals surface area (Å²) in [5, 5.41) is 14.6. The highest BCUT2D eigenvalue weighted by Crippen LogP contribution is 2.32. The lowest BCUT2D eigenvalue weighted by Crippen LogP contribution is -2.23. The number of aromatic hydroxyl groups is 1. The lowest BCUT2D eigenvalue weighted by molar-refractivity contribution is 0.0951. The highest BCUT2D eigenvalue weighted by molar-refractivity contribution is 6.32. The fourth-order valence-corrected chi connectivity index (χ4v) is 4.91. The SMILES string of the molecule is Cc1c(Cc2ccc(Cl)c(O)c2)c2ccc(C(=O)NCc3ccc(C(C)(C)C)cc3)cc2n1CC(C)C. The van der Waals surface area contributed by atoms with Gasteiger partial charge in [0.05, 0.1) is 5.02 Å². The van der Waals surface area contributed by atoms with Crippen molar-refractivity contribution in [2.24, 2.45) is 5.92 Å². The third-order valence-corrected chi connectivity index (χ3v) is 7.25. The van der Waals surface area contributed by atoms with Gasteiger partial charge in [0.15, 0.2) is 0 Å². The molecule has 0 aliphatic carbocycles. The summed E-state index contributed by atoms with van der Waals surface area (Å²) in [6.07, 6.45) is 0.675. The third-order valence-electron chi connectivity index (χ3n) is 6.93. The van der Waals surface area contributed by atoms with E-state index in [1.54, 1.807) is 12.1 Å². The number of nitrogens with one attached hydrogen (secondary N) is 1. The van der Waals surface area contributed by atoms with Crippen molar-refractivity contribution in [3.8, 4) is 5.75 Å². The molecular weight excluding hydrogens is 480 g/mol. The number of phenolic OH excluding ortho intramolecular Hbond substituents is 1. The van der Waals surface area contributed by atoms with Gasteiger partial charge in [0.2, 0.25) is 0 Å². The first-order valence-electron chi connectivity index (χ1n) is 12.9. The van der Waals surface area contributed by atoms with Crippen LogP contribution in [0.25, 0.3) is 10.9 Å². The minimum Gasteiger partial charge on any atom is -0.506 e. The second-order valence-electron chi connectivity index (χ2n) is 11.4. The highest BCUT2D eigenvalue weighted by atomic mass is 35.5. The maximum atomic E-state index is 13.1. The zero-order valence-corrected chi connectivity index (χ0v) is 23.4. The smallest absolute Gasteiger partial charge is 0.251 e. The van der Waals surface area contributed by atoms with Crippen LogP contribution >= 0.6 is 11.6 Å². The Hall–Kier alpha value is -3.24. The molecule has 0 unspecified atom stereocenters. The summed E-state index contributed by atoms with van der Waals surface area (Å²) < 4.78 is 2.31. The number of hydrogen-bond donors (Lipinski definition) is 2. The summed E-state index contributed by atoms with van der Waals surface area (Å²) in [5.41, 5.74) is 7.53. The predicted molar refractivity (Wildman–Crippen MR) is 154 cm³/mol. The Morgan fingerprint density at radius 2 is 1.68 bits per heavy atom. The van der Waals surface area contributed by atoms with Crippen molar-refractivity contribution in [1.82, 2.24) is 9.88 Å². The molecule has 1 amide bonds. The summed E-state index contributed by atoms with van der Waals surface area (Å²) in [6.45, 7) is 14.5. The van der Waals surface area contributed by atoms with Gasteiger partial charge in [-0.15, -0.1) is 0 Å². The molecule has 3 aromatic carbocycles. The molecule has 4 aromatic rings. The molecule has 5 heteroatoms. The van der Waals surface area contributed by atoms with Crippen molar-refractivity contribution in [1.29, 1.82) is 0 Å². The first-order valence-corrected chi connectivity index (χ1v) is 13.3. The van der Waals surface area contributed by atoms with Crippen molar-refractivity contribution in [3.05, 3.63) is 99.2 Å². The van der Waals surface area contributed by atoms with Gasteiger partial charge < -0.3 is 15.0 Å². The second kappa shape index (κ2) is 10.6. The molecule has 4 nitrogen and oxygen atoms in total. The summed E-state index contributed by atoms with van der Waals surface area (Å²) in [7, 11) is 0. The maximum absolute atomic E-state index is 13.1. The van der Waals surface area contributed by atoms with E-state index in [0.717, 1.165) is 28.6 Å². The number of phenols is 1. The van der Waals surface area contributed by atoms with Crippen LogP contribution in [0, 0.1) is 12.8 Å². The summed E-state index contributed by atoms with van der Waals surface area (Å²) in [5.74, 6) is 0.464. The number of amides is 1. The van der Waals surface area contributed by atoms with E-state index in [1.807, 2.05) is 18.2 Å². The number of halogens is 1. The van der Waals surface area contributed by atoms with E-state index in [1.165, 1.54) is 16.8 Å². The van der Waals surface area contributed by atoms with E-state index in [4.69, 9.17) is 11.6 Å². The number of benzene rings is 3. The number of carbonyl (C=O) groups is 1. The number of nitrogens with zero attached hydrogens (tertiary/aromatic N) is 1. The van der Waals surface area contributed by atoms with E-state index in [-0.39, 0.29) is 17.1 Å². The second-order valence-corrected chi connectivity index (χ2v) is 11.8. The molecule has 0 fully saturated rings. The van der Waals surface area contributed by atoms with Gasteiger partial charge in [-0.2, -0.15) is 0 Å². The van der Waals surface area contributed by atoms with Gasteiger partial charge >= 0.3 is 0 Å². The fraction of sp³-hybridized carbons (Fsp3) is 0.344. The van der Waals surface area contributed by atoms with Crippen LogP contribution < -0.4 is 5.32 Å². The molecule has 1 aromatic heterocycles. The van der Waals surface area contributed by atoms with Crippen molar-refractivity contribution >= 4 is 28.4 Å². The summed E-state index contributed by atoms with van der Waals surface area (Å²) >= 11 is 6.02. The number of rotatable bonds is 7. The molecule has 4 rings (SSSR count). The van der Waals surface area contributed by atoms with Gasteiger partial charge in [-0.1, -0.05) is 82.6 Å². The Morgan fingerprint density at radius 3 is 2.30 bits per heavy atom. The fourth-order valence-electron chi connectivity index (χ4n) is 4.79. The largest absolute Gasteiger partial charge is 0.506 e. The van der Waals surface area contributed by atoms with Gasteiger partial charge in [-0.3, -0.25) is 4.79 Å². The molecule has 0 saturated heterocycles. The van der Waals surface area contributed by atoms with Gasteiger partial charge in [0.1, 0.15) is 5.75 Å². The van der Waals surface area contributed by atoms with Crippen LogP contribution in [0.15, 0.2) is 60.7 Å². The zero-order chi connectivity index (χ0) is 26.9. The van der Waals surface area contributed by atoms with Crippen LogP contribution in [-0.2, 0) is 24.9 Å². The number of aromatic nitrogens is 1. The van der Waals surface area contributed by atoms with Crippen LogP contribution in [0.5, 0.6) is 5.75 Å².